The third-order valence-corrected chi connectivity index (χ3v) is 2.91. The highest BCUT2D eigenvalue weighted by molar-refractivity contribution is 5.20. The van der Waals surface area contributed by atoms with Gasteiger partial charge in [-0.05, 0) is 36.5 Å². The summed E-state index contributed by atoms with van der Waals surface area (Å²) >= 11 is 0. The Balaban J connectivity index is 2.10. The quantitative estimate of drug-likeness (QED) is 0.742. The van der Waals surface area contributed by atoms with Gasteiger partial charge >= 0.3 is 0 Å². The molecule has 0 amide bonds. The van der Waals surface area contributed by atoms with Crippen LogP contribution in [0.1, 0.15) is 30.9 Å². The molecule has 0 spiro atoms. The van der Waals surface area contributed by atoms with Crippen molar-refractivity contribution in [1.29, 1.82) is 0 Å². The van der Waals surface area contributed by atoms with E-state index in [1.54, 1.807) is 12.1 Å². The van der Waals surface area contributed by atoms with Crippen molar-refractivity contribution in [1.82, 2.24) is 0 Å². The van der Waals surface area contributed by atoms with E-state index in [2.05, 4.69) is 0 Å². The summed E-state index contributed by atoms with van der Waals surface area (Å²) < 4.78 is 12.6. The Morgan fingerprint density at radius 2 is 1.85 bits per heavy atom. The summed E-state index contributed by atoms with van der Waals surface area (Å²) in [5.41, 5.74) is 7.09. The van der Waals surface area contributed by atoms with Crippen LogP contribution in [0.25, 0.3) is 0 Å². The van der Waals surface area contributed by atoms with Crippen LogP contribution < -0.4 is 5.73 Å². The molecule has 0 aromatic heterocycles. The standard InChI is InChI=1S/C11H14FN/c12-10-6-4-9(5-7-10)11(13)8-2-1-3-8/h4-8,11H,1-3,13H2/t11-/m0/s1. The molecule has 0 unspecified atom stereocenters. The fraction of sp³-hybridized carbons (Fsp3) is 0.455. The normalized spacial score (nSPS) is 19.5. The molecular formula is C11H14FN. The monoisotopic (exact) mass is 179 g/mol. The maximum Gasteiger partial charge on any atom is 0.123 e. The van der Waals surface area contributed by atoms with Crippen molar-refractivity contribution < 1.29 is 4.39 Å². The molecule has 1 aliphatic carbocycles. The molecule has 13 heavy (non-hydrogen) atoms. The first-order chi connectivity index (χ1) is 6.27. The van der Waals surface area contributed by atoms with Crippen LogP contribution in [0.3, 0.4) is 0 Å². The van der Waals surface area contributed by atoms with E-state index < -0.39 is 0 Å². The van der Waals surface area contributed by atoms with Gasteiger partial charge in [-0.25, -0.2) is 4.39 Å². The SMILES string of the molecule is N[C@H](c1ccc(F)cc1)C1CCC1. The number of hydrogen-bond donors (Lipinski definition) is 1. The van der Waals surface area contributed by atoms with E-state index in [9.17, 15) is 4.39 Å². The minimum Gasteiger partial charge on any atom is -0.324 e. The van der Waals surface area contributed by atoms with E-state index in [0.29, 0.717) is 5.92 Å². The summed E-state index contributed by atoms with van der Waals surface area (Å²) in [6, 6.07) is 6.65. The van der Waals surface area contributed by atoms with Gasteiger partial charge in [0.15, 0.2) is 0 Å². The van der Waals surface area contributed by atoms with Gasteiger partial charge in [0.2, 0.25) is 0 Å². The molecule has 2 rings (SSSR count). The summed E-state index contributed by atoms with van der Waals surface area (Å²) in [5.74, 6) is 0.426. The first-order valence-electron chi connectivity index (χ1n) is 4.78. The van der Waals surface area contributed by atoms with E-state index in [-0.39, 0.29) is 11.9 Å². The molecule has 1 saturated carbocycles. The van der Waals surface area contributed by atoms with Crippen LogP contribution in [0, 0.1) is 11.7 Å². The second kappa shape index (κ2) is 3.46. The lowest BCUT2D eigenvalue weighted by molar-refractivity contribution is 0.264. The molecule has 0 saturated heterocycles. The molecule has 1 aromatic carbocycles. The van der Waals surface area contributed by atoms with E-state index in [4.69, 9.17) is 5.73 Å². The van der Waals surface area contributed by atoms with Crippen molar-refractivity contribution in [3.63, 3.8) is 0 Å². The molecular weight excluding hydrogens is 165 g/mol. The maximum atomic E-state index is 12.6. The Hall–Kier alpha value is -0.890. The zero-order valence-electron chi connectivity index (χ0n) is 7.54. The van der Waals surface area contributed by atoms with Gasteiger partial charge < -0.3 is 5.73 Å². The van der Waals surface area contributed by atoms with Gasteiger partial charge in [0.05, 0.1) is 0 Å². The van der Waals surface area contributed by atoms with Crippen LogP contribution in [0.15, 0.2) is 24.3 Å². The summed E-state index contributed by atoms with van der Waals surface area (Å²) in [4.78, 5) is 0. The zero-order valence-corrected chi connectivity index (χ0v) is 7.54. The van der Waals surface area contributed by atoms with Crippen molar-refractivity contribution in [2.45, 2.75) is 25.3 Å². The predicted molar refractivity (Wildman–Crippen MR) is 50.7 cm³/mol. The van der Waals surface area contributed by atoms with Crippen LogP contribution in [0.2, 0.25) is 0 Å². The summed E-state index contributed by atoms with van der Waals surface area (Å²) in [7, 11) is 0. The minimum absolute atomic E-state index is 0.106. The van der Waals surface area contributed by atoms with Crippen molar-refractivity contribution in [2.75, 3.05) is 0 Å². The van der Waals surface area contributed by atoms with E-state index in [1.165, 1.54) is 31.4 Å². The Labute approximate surface area is 77.8 Å². The topological polar surface area (TPSA) is 26.0 Å². The Bertz CT molecular complexity index is 277. The highest BCUT2D eigenvalue weighted by Crippen LogP contribution is 2.35. The van der Waals surface area contributed by atoms with E-state index in [0.717, 1.165) is 5.56 Å². The molecule has 1 aliphatic rings. The van der Waals surface area contributed by atoms with Crippen LogP contribution in [-0.2, 0) is 0 Å². The highest BCUT2D eigenvalue weighted by atomic mass is 19.1. The number of rotatable bonds is 2. The molecule has 1 aromatic rings. The Morgan fingerprint density at radius 3 is 2.31 bits per heavy atom. The molecule has 1 nitrogen and oxygen atoms in total. The van der Waals surface area contributed by atoms with Crippen LogP contribution in [-0.4, -0.2) is 0 Å². The number of nitrogens with two attached hydrogens (primary N) is 1. The lowest BCUT2D eigenvalue weighted by atomic mass is 9.78. The second-order valence-electron chi connectivity index (χ2n) is 3.77. The molecule has 0 aliphatic heterocycles. The van der Waals surface area contributed by atoms with E-state index >= 15 is 0 Å². The molecule has 1 atom stereocenters. The lowest BCUT2D eigenvalue weighted by Crippen LogP contribution is -2.26. The summed E-state index contributed by atoms with van der Waals surface area (Å²) in [6.45, 7) is 0. The van der Waals surface area contributed by atoms with E-state index in [1.807, 2.05) is 0 Å². The first kappa shape index (κ1) is 8.70. The number of benzene rings is 1. The highest BCUT2D eigenvalue weighted by Gasteiger charge is 2.25. The molecule has 2 heteroatoms. The average molecular weight is 179 g/mol. The van der Waals surface area contributed by atoms with Gasteiger partial charge in [-0.3, -0.25) is 0 Å². The zero-order chi connectivity index (χ0) is 9.26. The number of halogens is 1. The molecule has 2 N–H and O–H groups in total. The summed E-state index contributed by atoms with van der Waals surface area (Å²) in [6.07, 6.45) is 3.73. The van der Waals surface area contributed by atoms with Gasteiger partial charge in [-0.1, -0.05) is 18.6 Å². The average Bonchev–Trinajstić information content (AvgIpc) is 2.02. The summed E-state index contributed by atoms with van der Waals surface area (Å²) in [5, 5.41) is 0. The second-order valence-corrected chi connectivity index (χ2v) is 3.77. The van der Waals surface area contributed by atoms with Gasteiger partial charge in [-0.15, -0.1) is 0 Å². The lowest BCUT2D eigenvalue weighted by Gasteiger charge is -2.31. The predicted octanol–water partition coefficient (Wildman–Crippen LogP) is 2.63. The fourth-order valence-corrected chi connectivity index (χ4v) is 1.76. The molecule has 1 fully saturated rings. The van der Waals surface area contributed by atoms with Crippen LogP contribution in [0.4, 0.5) is 4.39 Å². The van der Waals surface area contributed by atoms with Gasteiger partial charge in [-0.2, -0.15) is 0 Å². The smallest absolute Gasteiger partial charge is 0.123 e. The Kier molecular flexibility index (Phi) is 2.32. The molecule has 70 valence electrons. The van der Waals surface area contributed by atoms with Gasteiger partial charge in [0.25, 0.3) is 0 Å². The largest absolute Gasteiger partial charge is 0.324 e. The third-order valence-electron chi connectivity index (χ3n) is 2.91. The maximum absolute atomic E-state index is 12.6. The van der Waals surface area contributed by atoms with Crippen molar-refractivity contribution in [2.24, 2.45) is 11.7 Å². The van der Waals surface area contributed by atoms with Gasteiger partial charge in [0.1, 0.15) is 5.82 Å². The molecule has 0 radical (unpaired) electrons. The van der Waals surface area contributed by atoms with Crippen molar-refractivity contribution in [3.05, 3.63) is 35.6 Å². The molecule has 0 bridgehead atoms. The van der Waals surface area contributed by atoms with Gasteiger partial charge in [0, 0.05) is 6.04 Å². The first-order valence-corrected chi connectivity index (χ1v) is 4.78. The number of hydrogen-bond acceptors (Lipinski definition) is 1. The van der Waals surface area contributed by atoms with Crippen molar-refractivity contribution in [3.8, 4) is 0 Å². The van der Waals surface area contributed by atoms with Crippen LogP contribution in [0.5, 0.6) is 0 Å². The minimum atomic E-state index is -0.190. The fourth-order valence-electron chi connectivity index (χ4n) is 1.76. The van der Waals surface area contributed by atoms with Crippen LogP contribution >= 0.6 is 0 Å². The Morgan fingerprint density at radius 1 is 1.23 bits per heavy atom. The van der Waals surface area contributed by atoms with Crippen molar-refractivity contribution >= 4 is 0 Å². The third kappa shape index (κ3) is 1.73. The molecule has 0 heterocycles.